The third-order valence-electron chi connectivity index (χ3n) is 3.14. The average Bonchev–Trinajstić information content (AvgIpc) is 3.10. The first-order valence-corrected chi connectivity index (χ1v) is 6.14. The smallest absolute Gasteiger partial charge is 0.270 e. The number of ether oxygens (including phenoxy) is 1. The van der Waals surface area contributed by atoms with E-state index in [1.807, 2.05) is 0 Å². The molecular weight excluding hydrogens is 264 g/mol. The van der Waals surface area contributed by atoms with E-state index in [2.05, 4.69) is 10.1 Å². The van der Waals surface area contributed by atoms with Gasteiger partial charge in [-0.2, -0.15) is 4.98 Å². The summed E-state index contributed by atoms with van der Waals surface area (Å²) >= 11 is 0. The molecule has 1 unspecified atom stereocenters. The number of nitrogens with zero attached hydrogens (tertiary/aromatic N) is 3. The molecule has 20 heavy (non-hydrogen) atoms. The lowest BCUT2D eigenvalue weighted by Crippen LogP contribution is -1.98. The van der Waals surface area contributed by atoms with E-state index in [9.17, 15) is 10.1 Å². The van der Waals surface area contributed by atoms with Gasteiger partial charge in [0.2, 0.25) is 5.82 Å². The summed E-state index contributed by atoms with van der Waals surface area (Å²) in [5, 5.41) is 14.6. The zero-order chi connectivity index (χ0) is 14.1. The predicted octanol–water partition coefficient (Wildman–Crippen LogP) is 2.08. The summed E-state index contributed by atoms with van der Waals surface area (Å²) in [4.78, 5) is 14.5. The number of aromatic nitrogens is 2. The maximum atomic E-state index is 10.8. The number of nitrogens with two attached hydrogens (primary N) is 1. The van der Waals surface area contributed by atoms with E-state index < -0.39 is 4.92 Å². The summed E-state index contributed by atoms with van der Waals surface area (Å²) in [6.07, 6.45) is 1.61. The standard InChI is InChI=1S/C12H12N4O4/c13-9-4-3-7(16(17)18)6-8(9)12-14-11(15-20-12)10-2-1-5-19-10/h3-4,6,10H,1-2,5,13H2. The molecule has 0 amide bonds. The largest absolute Gasteiger partial charge is 0.398 e. The van der Waals surface area contributed by atoms with Gasteiger partial charge in [-0.3, -0.25) is 10.1 Å². The minimum atomic E-state index is -0.500. The van der Waals surface area contributed by atoms with Crippen molar-refractivity contribution in [2.45, 2.75) is 18.9 Å². The van der Waals surface area contributed by atoms with Gasteiger partial charge in [-0.25, -0.2) is 0 Å². The number of nitrogen functional groups attached to an aromatic ring is 1. The Balaban J connectivity index is 1.96. The Bertz CT molecular complexity index is 649. The van der Waals surface area contributed by atoms with Crippen molar-refractivity contribution in [1.29, 1.82) is 0 Å². The Morgan fingerprint density at radius 1 is 1.45 bits per heavy atom. The lowest BCUT2D eigenvalue weighted by Gasteiger charge is -2.01. The number of benzene rings is 1. The molecule has 1 aromatic heterocycles. The van der Waals surface area contributed by atoms with Gasteiger partial charge < -0.3 is 15.0 Å². The highest BCUT2D eigenvalue weighted by atomic mass is 16.6. The Hall–Kier alpha value is -2.48. The fraction of sp³-hybridized carbons (Fsp3) is 0.333. The fourth-order valence-electron chi connectivity index (χ4n) is 2.10. The van der Waals surface area contributed by atoms with Crippen LogP contribution in [-0.2, 0) is 4.74 Å². The molecule has 8 nitrogen and oxygen atoms in total. The van der Waals surface area contributed by atoms with Crippen LogP contribution in [0.15, 0.2) is 22.7 Å². The number of hydrogen-bond acceptors (Lipinski definition) is 7. The van der Waals surface area contributed by atoms with E-state index in [1.165, 1.54) is 18.2 Å². The third kappa shape index (κ3) is 2.21. The second kappa shape index (κ2) is 4.89. The first-order chi connectivity index (χ1) is 9.65. The van der Waals surface area contributed by atoms with Crippen molar-refractivity contribution in [3.63, 3.8) is 0 Å². The lowest BCUT2D eigenvalue weighted by molar-refractivity contribution is -0.384. The second-order valence-electron chi connectivity index (χ2n) is 4.49. The molecule has 1 fully saturated rings. The first kappa shape index (κ1) is 12.5. The SMILES string of the molecule is Nc1ccc([N+](=O)[O-])cc1-c1nc(C2CCCO2)no1. The highest BCUT2D eigenvalue weighted by Crippen LogP contribution is 2.31. The van der Waals surface area contributed by atoms with Gasteiger partial charge >= 0.3 is 0 Å². The molecule has 1 aliphatic heterocycles. The van der Waals surface area contributed by atoms with Crippen LogP contribution in [0.4, 0.5) is 11.4 Å². The van der Waals surface area contributed by atoms with Crippen LogP contribution in [-0.4, -0.2) is 21.7 Å². The molecule has 1 saturated heterocycles. The van der Waals surface area contributed by atoms with E-state index in [0.29, 0.717) is 23.7 Å². The molecule has 2 aromatic rings. The summed E-state index contributed by atoms with van der Waals surface area (Å²) in [5.74, 6) is 0.611. The number of hydrogen-bond donors (Lipinski definition) is 1. The third-order valence-corrected chi connectivity index (χ3v) is 3.14. The van der Waals surface area contributed by atoms with Crippen molar-refractivity contribution in [3.05, 3.63) is 34.1 Å². The minimum absolute atomic E-state index is 0.0777. The zero-order valence-corrected chi connectivity index (χ0v) is 10.5. The summed E-state index contributed by atoms with van der Waals surface area (Å²) < 4.78 is 10.6. The monoisotopic (exact) mass is 276 g/mol. The van der Waals surface area contributed by atoms with Gasteiger partial charge in [-0.05, 0) is 18.9 Å². The highest BCUT2D eigenvalue weighted by molar-refractivity contribution is 5.73. The van der Waals surface area contributed by atoms with Crippen LogP contribution in [0.25, 0.3) is 11.5 Å². The lowest BCUT2D eigenvalue weighted by atomic mass is 10.1. The molecule has 0 bridgehead atoms. The second-order valence-corrected chi connectivity index (χ2v) is 4.49. The zero-order valence-electron chi connectivity index (χ0n) is 10.5. The van der Waals surface area contributed by atoms with Crippen LogP contribution >= 0.6 is 0 Å². The molecule has 3 rings (SSSR count). The molecule has 8 heteroatoms. The molecule has 1 aromatic carbocycles. The quantitative estimate of drug-likeness (QED) is 0.518. The molecule has 104 valence electrons. The molecule has 1 atom stereocenters. The molecule has 2 heterocycles. The van der Waals surface area contributed by atoms with Crippen LogP contribution in [0, 0.1) is 10.1 Å². The number of rotatable bonds is 3. The van der Waals surface area contributed by atoms with Crippen LogP contribution in [0.5, 0.6) is 0 Å². The van der Waals surface area contributed by atoms with E-state index in [1.54, 1.807) is 0 Å². The molecule has 0 spiro atoms. The van der Waals surface area contributed by atoms with E-state index in [-0.39, 0.29) is 17.7 Å². The Labute approximate surface area is 113 Å². The number of anilines is 1. The molecule has 1 aliphatic rings. The number of nitro groups is 1. The first-order valence-electron chi connectivity index (χ1n) is 6.14. The fourth-order valence-corrected chi connectivity index (χ4v) is 2.10. The molecular formula is C12H12N4O4. The van der Waals surface area contributed by atoms with Gasteiger partial charge in [0.25, 0.3) is 11.6 Å². The van der Waals surface area contributed by atoms with Crippen LogP contribution in [0.1, 0.15) is 24.8 Å². The number of nitro benzene ring substituents is 1. The summed E-state index contributed by atoms with van der Waals surface area (Å²) in [7, 11) is 0. The summed E-state index contributed by atoms with van der Waals surface area (Å²) in [6, 6.07) is 4.10. The highest BCUT2D eigenvalue weighted by Gasteiger charge is 2.24. The van der Waals surface area contributed by atoms with Gasteiger partial charge in [0.15, 0.2) is 0 Å². The van der Waals surface area contributed by atoms with Gasteiger partial charge in [0, 0.05) is 24.4 Å². The van der Waals surface area contributed by atoms with Crippen molar-refractivity contribution >= 4 is 11.4 Å². The summed E-state index contributed by atoms with van der Waals surface area (Å²) in [5.41, 5.74) is 6.43. The van der Waals surface area contributed by atoms with Crippen molar-refractivity contribution < 1.29 is 14.2 Å². The Morgan fingerprint density at radius 2 is 2.30 bits per heavy atom. The van der Waals surface area contributed by atoms with Crippen molar-refractivity contribution in [3.8, 4) is 11.5 Å². The number of non-ortho nitro benzene ring substituents is 1. The van der Waals surface area contributed by atoms with Gasteiger partial charge in [-0.1, -0.05) is 5.16 Å². The maximum absolute atomic E-state index is 10.8. The minimum Gasteiger partial charge on any atom is -0.398 e. The Morgan fingerprint density at radius 3 is 3.00 bits per heavy atom. The average molecular weight is 276 g/mol. The van der Waals surface area contributed by atoms with Gasteiger partial charge in [0.1, 0.15) is 6.10 Å². The van der Waals surface area contributed by atoms with Crippen LogP contribution < -0.4 is 5.73 Å². The topological polar surface area (TPSA) is 117 Å². The predicted molar refractivity (Wildman–Crippen MR) is 68.7 cm³/mol. The normalized spacial score (nSPS) is 18.3. The van der Waals surface area contributed by atoms with Gasteiger partial charge in [0.05, 0.1) is 10.5 Å². The van der Waals surface area contributed by atoms with Gasteiger partial charge in [-0.15, -0.1) is 0 Å². The van der Waals surface area contributed by atoms with Crippen molar-refractivity contribution in [1.82, 2.24) is 10.1 Å². The van der Waals surface area contributed by atoms with Crippen molar-refractivity contribution in [2.75, 3.05) is 12.3 Å². The van der Waals surface area contributed by atoms with E-state index in [0.717, 1.165) is 12.8 Å². The van der Waals surface area contributed by atoms with Crippen LogP contribution in [0.2, 0.25) is 0 Å². The van der Waals surface area contributed by atoms with E-state index in [4.69, 9.17) is 15.0 Å². The molecule has 0 saturated carbocycles. The Kier molecular flexibility index (Phi) is 3.07. The molecule has 0 aliphatic carbocycles. The summed E-state index contributed by atoms with van der Waals surface area (Å²) in [6.45, 7) is 0.674. The van der Waals surface area contributed by atoms with Crippen molar-refractivity contribution in [2.24, 2.45) is 0 Å². The van der Waals surface area contributed by atoms with Crippen LogP contribution in [0.3, 0.4) is 0 Å². The molecule has 2 N–H and O–H groups in total. The maximum Gasteiger partial charge on any atom is 0.270 e. The van der Waals surface area contributed by atoms with E-state index >= 15 is 0 Å². The molecule has 0 radical (unpaired) electrons.